The highest BCUT2D eigenvalue weighted by Crippen LogP contribution is 2.37. The molecule has 0 spiro atoms. The average molecular weight is 549 g/mol. The molecule has 6 heteroatoms. The zero-order chi connectivity index (χ0) is 25.3. The number of likely N-dealkylation sites (N-methyl/N-ethyl adjacent to an activating group) is 1. The molecule has 0 N–H and O–H groups in total. The highest BCUT2D eigenvalue weighted by molar-refractivity contribution is 9.10. The van der Waals surface area contributed by atoms with E-state index < -0.39 is 0 Å². The molecule has 1 fully saturated rings. The lowest BCUT2D eigenvalue weighted by molar-refractivity contribution is -0.923. The second kappa shape index (κ2) is 10.1. The van der Waals surface area contributed by atoms with E-state index >= 15 is 0 Å². The molecule has 1 saturated heterocycles. The molecule has 0 aromatic heterocycles. The Morgan fingerprint density at radius 3 is 2.31 bits per heavy atom. The monoisotopic (exact) mass is 547 g/mol. The number of halogens is 1. The molecule has 3 aromatic carbocycles. The number of benzene rings is 3. The van der Waals surface area contributed by atoms with Gasteiger partial charge in [0.2, 0.25) is 0 Å². The summed E-state index contributed by atoms with van der Waals surface area (Å²) in [6.45, 7) is 5.30. The molecular weight excluding hydrogens is 516 g/mol. The Hall–Kier alpha value is -3.09. The van der Waals surface area contributed by atoms with Crippen molar-refractivity contribution in [3.8, 4) is 11.5 Å². The number of rotatable bonds is 6. The molecule has 1 heterocycles. The lowest BCUT2D eigenvalue weighted by Crippen LogP contribution is -2.56. The van der Waals surface area contributed by atoms with Crippen molar-refractivity contribution < 1.29 is 18.8 Å². The number of ketones is 1. The van der Waals surface area contributed by atoms with Crippen LogP contribution in [0.15, 0.2) is 70.7 Å². The normalized spacial score (nSPS) is 17.8. The van der Waals surface area contributed by atoms with Crippen molar-refractivity contribution >= 4 is 33.5 Å². The van der Waals surface area contributed by atoms with Gasteiger partial charge in [0.25, 0.3) is 0 Å². The maximum absolute atomic E-state index is 13.0. The molecule has 5 nitrogen and oxygen atoms in total. The number of piperazine rings is 1. The molecule has 2 aliphatic rings. The van der Waals surface area contributed by atoms with Gasteiger partial charge in [0.1, 0.15) is 6.54 Å². The van der Waals surface area contributed by atoms with Crippen LogP contribution < -0.4 is 14.4 Å². The molecule has 0 saturated carbocycles. The lowest BCUT2D eigenvalue weighted by atomic mass is 10.1. The summed E-state index contributed by atoms with van der Waals surface area (Å²) in [7, 11) is 5.56. The molecule has 1 aliphatic carbocycles. The van der Waals surface area contributed by atoms with E-state index in [4.69, 9.17) is 9.47 Å². The van der Waals surface area contributed by atoms with Crippen LogP contribution in [0.5, 0.6) is 11.5 Å². The number of ether oxygens (including phenoxy) is 2. The van der Waals surface area contributed by atoms with E-state index in [0.29, 0.717) is 23.5 Å². The number of hydrogen-bond donors (Lipinski definition) is 0. The van der Waals surface area contributed by atoms with Gasteiger partial charge in [-0.2, -0.15) is 0 Å². The first-order valence-corrected chi connectivity index (χ1v) is 13.1. The molecule has 0 unspecified atom stereocenters. The quantitative estimate of drug-likeness (QED) is 0.290. The Kier molecular flexibility index (Phi) is 6.91. The van der Waals surface area contributed by atoms with Crippen molar-refractivity contribution in [1.82, 2.24) is 0 Å². The van der Waals surface area contributed by atoms with Gasteiger partial charge in [0, 0.05) is 33.3 Å². The first-order chi connectivity index (χ1) is 17.4. The first kappa shape index (κ1) is 24.6. The summed E-state index contributed by atoms with van der Waals surface area (Å²) in [6, 6.07) is 20.8. The van der Waals surface area contributed by atoms with Gasteiger partial charge in [0.15, 0.2) is 17.3 Å². The van der Waals surface area contributed by atoms with Crippen LogP contribution in [-0.4, -0.2) is 57.7 Å². The molecule has 0 radical (unpaired) electrons. The van der Waals surface area contributed by atoms with Crippen molar-refractivity contribution in [2.75, 3.05) is 52.3 Å². The van der Waals surface area contributed by atoms with Gasteiger partial charge in [-0.1, -0.05) is 46.3 Å². The third-order valence-electron chi connectivity index (χ3n) is 7.46. The Bertz CT molecular complexity index is 1310. The largest absolute Gasteiger partial charge is 0.493 e. The Labute approximate surface area is 221 Å². The number of fused-ring (bicyclic) bond motifs is 1. The van der Waals surface area contributed by atoms with Gasteiger partial charge in [0.05, 0.1) is 47.4 Å². The van der Waals surface area contributed by atoms with Crippen LogP contribution in [0.3, 0.4) is 0 Å². The van der Waals surface area contributed by atoms with Crippen LogP contribution in [-0.2, 0) is 13.0 Å². The van der Waals surface area contributed by atoms with Gasteiger partial charge in [-0.3, -0.25) is 4.79 Å². The minimum absolute atomic E-state index is 0.0631. The second-order valence-electron chi connectivity index (χ2n) is 9.93. The first-order valence-electron chi connectivity index (χ1n) is 12.3. The zero-order valence-electron chi connectivity index (χ0n) is 21.1. The molecule has 0 bridgehead atoms. The molecule has 186 valence electrons. The lowest BCUT2D eigenvalue weighted by Gasteiger charge is -2.43. The smallest absolute Gasteiger partial charge is 0.189 e. The van der Waals surface area contributed by atoms with Gasteiger partial charge in [-0.25, -0.2) is 0 Å². The molecule has 3 aromatic rings. The summed E-state index contributed by atoms with van der Waals surface area (Å²) in [5.74, 6) is 1.30. The van der Waals surface area contributed by atoms with E-state index in [2.05, 4.69) is 76.4 Å². The molecule has 1 aliphatic heterocycles. The van der Waals surface area contributed by atoms with Gasteiger partial charge >= 0.3 is 0 Å². The van der Waals surface area contributed by atoms with Crippen LogP contribution in [0.1, 0.15) is 27.0 Å². The maximum Gasteiger partial charge on any atom is 0.189 e. The zero-order valence-corrected chi connectivity index (χ0v) is 22.7. The van der Waals surface area contributed by atoms with E-state index in [9.17, 15) is 4.79 Å². The SMILES string of the molecule is COc1cc2c(cc1OC)C(=O)/C(=C/c1ccc(N3CC[N+](C)(Cc4ccccc4Br)CC3)cc1)C2. The van der Waals surface area contributed by atoms with Crippen LogP contribution in [0.4, 0.5) is 5.69 Å². The summed E-state index contributed by atoms with van der Waals surface area (Å²) in [4.78, 5) is 15.5. The fraction of sp³-hybridized carbons (Fsp3) is 0.300. The summed E-state index contributed by atoms with van der Waals surface area (Å²) >= 11 is 3.70. The number of hydrogen-bond acceptors (Lipinski definition) is 4. The number of carbonyl (C=O) groups is 1. The van der Waals surface area contributed by atoms with Crippen LogP contribution in [0, 0.1) is 0 Å². The van der Waals surface area contributed by atoms with E-state index in [1.54, 1.807) is 20.3 Å². The summed E-state index contributed by atoms with van der Waals surface area (Å²) in [5.41, 5.74) is 6.13. The number of nitrogens with zero attached hydrogens (tertiary/aromatic N) is 2. The molecule has 36 heavy (non-hydrogen) atoms. The predicted molar refractivity (Wildman–Crippen MR) is 148 cm³/mol. The number of anilines is 1. The van der Waals surface area contributed by atoms with Crippen molar-refractivity contribution in [1.29, 1.82) is 0 Å². The minimum Gasteiger partial charge on any atom is -0.493 e. The van der Waals surface area contributed by atoms with Gasteiger partial charge < -0.3 is 18.9 Å². The average Bonchev–Trinajstić information content (AvgIpc) is 3.19. The molecule has 0 atom stereocenters. The van der Waals surface area contributed by atoms with E-state index in [-0.39, 0.29) is 5.78 Å². The van der Waals surface area contributed by atoms with Crippen LogP contribution in [0.25, 0.3) is 6.08 Å². The van der Waals surface area contributed by atoms with Crippen molar-refractivity contribution in [3.05, 3.63) is 93.0 Å². The number of Topliss-reactive ketones (excluding diaryl/α,β-unsaturated/α-hetero) is 1. The fourth-order valence-electron chi connectivity index (χ4n) is 5.24. The Morgan fingerprint density at radius 2 is 1.64 bits per heavy atom. The van der Waals surface area contributed by atoms with Crippen molar-refractivity contribution in [2.45, 2.75) is 13.0 Å². The molecular formula is C30H32BrN2O3+. The summed E-state index contributed by atoms with van der Waals surface area (Å²) in [6.07, 6.45) is 2.61. The van der Waals surface area contributed by atoms with E-state index in [1.165, 1.54) is 15.7 Å². The number of methoxy groups -OCH3 is 2. The van der Waals surface area contributed by atoms with Crippen LogP contribution in [0.2, 0.25) is 0 Å². The van der Waals surface area contributed by atoms with Crippen molar-refractivity contribution in [3.63, 3.8) is 0 Å². The third kappa shape index (κ3) is 4.93. The predicted octanol–water partition coefficient (Wildman–Crippen LogP) is 5.76. The number of quaternary nitrogens is 1. The van der Waals surface area contributed by atoms with Gasteiger partial charge in [-0.05, 0) is 47.5 Å². The highest BCUT2D eigenvalue weighted by atomic mass is 79.9. The fourth-order valence-corrected chi connectivity index (χ4v) is 5.65. The summed E-state index contributed by atoms with van der Waals surface area (Å²) in [5, 5.41) is 0. The molecule has 0 amide bonds. The Balaban J connectivity index is 1.25. The number of carbonyl (C=O) groups excluding carboxylic acids is 1. The van der Waals surface area contributed by atoms with Crippen molar-refractivity contribution in [2.24, 2.45) is 0 Å². The highest BCUT2D eigenvalue weighted by Gasteiger charge is 2.30. The topological polar surface area (TPSA) is 38.8 Å². The maximum atomic E-state index is 13.0. The molecule has 5 rings (SSSR count). The minimum atomic E-state index is 0.0631. The van der Waals surface area contributed by atoms with Gasteiger partial charge in [-0.15, -0.1) is 0 Å². The summed E-state index contributed by atoms with van der Waals surface area (Å²) < 4.78 is 13.0. The number of allylic oxidation sites excluding steroid dienone is 1. The standard InChI is InChI=1S/C30H32BrN2O3/c1-33(20-22-6-4-5-7-27(22)31)14-12-32(13-15-33)25-10-8-21(9-11-25)16-24-17-23-18-28(35-2)29(36-3)19-26(23)30(24)34/h4-11,16,18-19H,12-15,17,20H2,1-3H3/q+1/b24-16+. The third-order valence-corrected chi connectivity index (χ3v) is 8.23. The van der Waals surface area contributed by atoms with E-state index in [1.807, 2.05) is 12.1 Å². The Morgan fingerprint density at radius 1 is 0.972 bits per heavy atom. The second-order valence-corrected chi connectivity index (χ2v) is 10.8. The van der Waals surface area contributed by atoms with Crippen LogP contribution >= 0.6 is 15.9 Å². The van der Waals surface area contributed by atoms with E-state index in [0.717, 1.165) is 53.9 Å².